The third-order valence-electron chi connectivity index (χ3n) is 3.92. The van der Waals surface area contributed by atoms with Crippen LogP contribution in [0.3, 0.4) is 0 Å². The van der Waals surface area contributed by atoms with Crippen LogP contribution in [0, 0.1) is 0 Å². The maximum Gasteiger partial charge on any atom is 0.338 e. The molecule has 1 aromatic rings. The molecule has 0 saturated heterocycles. The molecular weight excluding hydrogens is 324 g/mol. The van der Waals surface area contributed by atoms with Gasteiger partial charge in [-0.3, -0.25) is 14.5 Å². The van der Waals surface area contributed by atoms with Gasteiger partial charge in [0.1, 0.15) is 6.04 Å². The number of esters is 1. The fraction of sp³-hybridized carbons (Fsp3) is 0.333. The number of urea groups is 1. The predicted octanol–water partition coefficient (Wildman–Crippen LogP) is 2.40. The molecule has 0 saturated carbocycles. The van der Waals surface area contributed by atoms with Crippen LogP contribution in [0.5, 0.6) is 0 Å². The van der Waals surface area contributed by atoms with Crippen molar-refractivity contribution < 1.29 is 23.9 Å². The van der Waals surface area contributed by atoms with Crippen molar-refractivity contribution in [2.75, 3.05) is 6.61 Å². The van der Waals surface area contributed by atoms with E-state index in [1.165, 1.54) is 20.8 Å². The first-order valence-corrected chi connectivity index (χ1v) is 7.88. The van der Waals surface area contributed by atoms with Gasteiger partial charge in [-0.05, 0) is 19.4 Å². The summed E-state index contributed by atoms with van der Waals surface area (Å²) in [6.07, 6.45) is 0. The van der Waals surface area contributed by atoms with Crippen LogP contribution in [0.15, 0.2) is 41.6 Å². The fourth-order valence-corrected chi connectivity index (χ4v) is 2.92. The standard InChI is InChI=1S/C18H20N2O5/c1-5-25-17(23)15-11(2)19(12(3)21)18(24)20(13(4)22)16(15)14-9-7-6-8-10-14/h6-10,16H,5H2,1-4H3. The summed E-state index contributed by atoms with van der Waals surface area (Å²) < 4.78 is 5.11. The molecule has 2 rings (SSSR count). The monoisotopic (exact) mass is 344 g/mol. The summed E-state index contributed by atoms with van der Waals surface area (Å²) in [6, 6.07) is 6.98. The van der Waals surface area contributed by atoms with Crippen molar-refractivity contribution in [1.29, 1.82) is 0 Å². The molecule has 1 aromatic carbocycles. The summed E-state index contributed by atoms with van der Waals surface area (Å²) in [5.41, 5.74) is 0.844. The molecule has 1 aliphatic heterocycles. The zero-order chi connectivity index (χ0) is 18.7. The van der Waals surface area contributed by atoms with E-state index >= 15 is 0 Å². The molecule has 4 amide bonds. The molecule has 0 N–H and O–H groups in total. The van der Waals surface area contributed by atoms with Crippen LogP contribution in [-0.2, 0) is 19.1 Å². The van der Waals surface area contributed by atoms with Crippen LogP contribution in [0.2, 0.25) is 0 Å². The van der Waals surface area contributed by atoms with E-state index in [4.69, 9.17) is 4.74 Å². The van der Waals surface area contributed by atoms with Gasteiger partial charge in [-0.15, -0.1) is 0 Å². The predicted molar refractivity (Wildman–Crippen MR) is 89.0 cm³/mol. The summed E-state index contributed by atoms with van der Waals surface area (Å²) in [5, 5.41) is 0. The van der Waals surface area contributed by atoms with Crippen molar-refractivity contribution >= 4 is 23.8 Å². The van der Waals surface area contributed by atoms with Gasteiger partial charge in [0.15, 0.2) is 0 Å². The van der Waals surface area contributed by atoms with Crippen LogP contribution in [0.4, 0.5) is 4.79 Å². The number of benzene rings is 1. The fourth-order valence-electron chi connectivity index (χ4n) is 2.92. The largest absolute Gasteiger partial charge is 0.463 e. The van der Waals surface area contributed by atoms with Gasteiger partial charge >= 0.3 is 12.0 Å². The topological polar surface area (TPSA) is 84.0 Å². The summed E-state index contributed by atoms with van der Waals surface area (Å²) in [5.74, 6) is -1.82. The van der Waals surface area contributed by atoms with E-state index < -0.39 is 29.9 Å². The summed E-state index contributed by atoms with van der Waals surface area (Å²) in [6.45, 7) is 5.70. The van der Waals surface area contributed by atoms with Gasteiger partial charge in [0, 0.05) is 19.5 Å². The van der Waals surface area contributed by atoms with Gasteiger partial charge in [-0.1, -0.05) is 30.3 Å². The smallest absolute Gasteiger partial charge is 0.338 e. The summed E-state index contributed by atoms with van der Waals surface area (Å²) in [4.78, 5) is 51.2. The second-order valence-electron chi connectivity index (χ2n) is 5.56. The van der Waals surface area contributed by atoms with E-state index in [0.717, 1.165) is 9.80 Å². The van der Waals surface area contributed by atoms with Crippen molar-refractivity contribution in [2.45, 2.75) is 33.7 Å². The highest BCUT2D eigenvalue weighted by Crippen LogP contribution is 2.37. The van der Waals surface area contributed by atoms with Crippen molar-refractivity contribution in [1.82, 2.24) is 9.80 Å². The molecule has 132 valence electrons. The number of imide groups is 2. The number of ether oxygens (including phenoxy) is 1. The van der Waals surface area contributed by atoms with Crippen LogP contribution in [-0.4, -0.2) is 40.2 Å². The van der Waals surface area contributed by atoms with E-state index in [0.29, 0.717) is 5.56 Å². The lowest BCUT2D eigenvalue weighted by atomic mass is 9.93. The van der Waals surface area contributed by atoms with Gasteiger partial charge < -0.3 is 4.74 Å². The number of nitrogens with zero attached hydrogens (tertiary/aromatic N) is 2. The molecule has 0 aromatic heterocycles. The Balaban J connectivity index is 2.76. The van der Waals surface area contributed by atoms with Crippen molar-refractivity contribution in [3.63, 3.8) is 0 Å². The first kappa shape index (κ1) is 18.4. The van der Waals surface area contributed by atoms with E-state index in [2.05, 4.69) is 0 Å². The lowest BCUT2D eigenvalue weighted by Gasteiger charge is -2.40. The van der Waals surface area contributed by atoms with E-state index in [1.54, 1.807) is 37.3 Å². The first-order chi connectivity index (χ1) is 11.8. The molecule has 7 heteroatoms. The van der Waals surface area contributed by atoms with Gasteiger partial charge in [0.05, 0.1) is 12.2 Å². The van der Waals surface area contributed by atoms with Crippen LogP contribution in [0.25, 0.3) is 0 Å². The minimum atomic E-state index is -0.944. The van der Waals surface area contributed by atoms with Crippen molar-refractivity contribution in [3.05, 3.63) is 47.2 Å². The number of hydrogen-bond acceptors (Lipinski definition) is 5. The number of amides is 4. The third-order valence-corrected chi connectivity index (χ3v) is 3.92. The molecule has 1 aliphatic rings. The van der Waals surface area contributed by atoms with Crippen molar-refractivity contribution in [2.24, 2.45) is 0 Å². The molecule has 0 radical (unpaired) electrons. The Morgan fingerprint density at radius 3 is 2.16 bits per heavy atom. The van der Waals surface area contributed by atoms with Crippen molar-refractivity contribution in [3.8, 4) is 0 Å². The molecule has 7 nitrogen and oxygen atoms in total. The molecule has 0 fully saturated rings. The third kappa shape index (κ3) is 3.31. The van der Waals surface area contributed by atoms with E-state index in [1.807, 2.05) is 0 Å². The Morgan fingerprint density at radius 1 is 1.08 bits per heavy atom. The Kier molecular flexibility index (Phi) is 5.36. The molecule has 25 heavy (non-hydrogen) atoms. The Labute approximate surface area is 145 Å². The average molecular weight is 344 g/mol. The normalized spacial score (nSPS) is 17.6. The lowest BCUT2D eigenvalue weighted by molar-refractivity contribution is -0.140. The maximum atomic E-state index is 12.8. The highest BCUT2D eigenvalue weighted by atomic mass is 16.5. The number of hydrogen-bond donors (Lipinski definition) is 0. The number of allylic oxidation sites excluding steroid dienone is 1. The van der Waals surface area contributed by atoms with Gasteiger partial charge in [-0.2, -0.15) is 0 Å². The Bertz CT molecular complexity index is 754. The summed E-state index contributed by atoms with van der Waals surface area (Å²) >= 11 is 0. The van der Waals surface area contributed by atoms with Crippen LogP contribution >= 0.6 is 0 Å². The maximum absolute atomic E-state index is 12.8. The molecule has 0 spiro atoms. The van der Waals surface area contributed by atoms with Gasteiger partial charge in [-0.25, -0.2) is 14.5 Å². The van der Waals surface area contributed by atoms with Gasteiger partial charge in [0.2, 0.25) is 11.8 Å². The van der Waals surface area contributed by atoms with Crippen LogP contribution < -0.4 is 0 Å². The average Bonchev–Trinajstić information content (AvgIpc) is 2.54. The Hall–Kier alpha value is -2.96. The molecule has 1 atom stereocenters. The van der Waals surface area contributed by atoms with Crippen LogP contribution in [0.1, 0.15) is 39.3 Å². The second-order valence-corrected chi connectivity index (χ2v) is 5.56. The lowest BCUT2D eigenvalue weighted by Crippen LogP contribution is -2.53. The second kappa shape index (κ2) is 7.29. The number of rotatable bonds is 3. The molecule has 1 unspecified atom stereocenters. The first-order valence-electron chi connectivity index (χ1n) is 7.88. The number of carbonyl (C=O) groups is 4. The molecular formula is C18H20N2O5. The quantitative estimate of drug-likeness (QED) is 0.786. The Morgan fingerprint density at radius 2 is 1.68 bits per heavy atom. The molecule has 0 bridgehead atoms. The van der Waals surface area contributed by atoms with Gasteiger partial charge in [0.25, 0.3) is 0 Å². The molecule has 0 aliphatic carbocycles. The molecule has 1 heterocycles. The zero-order valence-electron chi connectivity index (χ0n) is 14.6. The number of carbonyl (C=O) groups excluding carboxylic acids is 4. The minimum Gasteiger partial charge on any atom is -0.463 e. The zero-order valence-corrected chi connectivity index (χ0v) is 14.6. The summed E-state index contributed by atoms with van der Waals surface area (Å²) in [7, 11) is 0. The van der Waals surface area contributed by atoms with E-state index in [-0.39, 0.29) is 17.9 Å². The minimum absolute atomic E-state index is 0.0954. The highest BCUT2D eigenvalue weighted by Gasteiger charge is 2.45. The SMILES string of the molecule is CCOC(=O)C1=C(C)N(C(C)=O)C(=O)N(C(C)=O)C1c1ccccc1. The van der Waals surface area contributed by atoms with E-state index in [9.17, 15) is 19.2 Å². The highest BCUT2D eigenvalue weighted by molar-refractivity contribution is 6.07.